The Labute approximate surface area is 169 Å². The Morgan fingerprint density at radius 1 is 1.21 bits per heavy atom. The molecule has 0 bridgehead atoms. The van der Waals surface area contributed by atoms with Gasteiger partial charge in [0.15, 0.2) is 5.69 Å². The van der Waals surface area contributed by atoms with E-state index in [0.717, 1.165) is 25.2 Å². The molecule has 1 aromatic heterocycles. The molecule has 0 saturated carbocycles. The minimum atomic E-state index is -2.77. The van der Waals surface area contributed by atoms with Crippen molar-refractivity contribution in [2.24, 2.45) is 0 Å². The number of rotatable bonds is 5. The molecule has 2 fully saturated rings. The van der Waals surface area contributed by atoms with Gasteiger partial charge in [-0.15, -0.1) is 0 Å². The van der Waals surface area contributed by atoms with Crippen LogP contribution in [0.5, 0.6) is 0 Å². The van der Waals surface area contributed by atoms with Crippen LogP contribution in [-0.2, 0) is 4.74 Å². The summed E-state index contributed by atoms with van der Waals surface area (Å²) in [5, 5.41) is 3.87. The maximum atomic E-state index is 13.3. The second-order valence-corrected chi connectivity index (χ2v) is 7.66. The minimum Gasteiger partial charge on any atom is -0.373 e. The van der Waals surface area contributed by atoms with Crippen LogP contribution >= 0.6 is 0 Å². The zero-order valence-electron chi connectivity index (χ0n) is 16.5. The Kier molecular flexibility index (Phi) is 5.91. The third-order valence-corrected chi connectivity index (χ3v) is 5.72. The number of likely N-dealkylation sites (tertiary alicyclic amines) is 1. The molecule has 2 aliphatic heterocycles. The van der Waals surface area contributed by atoms with E-state index in [0.29, 0.717) is 17.8 Å². The fourth-order valence-electron chi connectivity index (χ4n) is 4.32. The summed E-state index contributed by atoms with van der Waals surface area (Å²) in [7, 11) is 0. The topological polar surface area (TPSA) is 50.6 Å². The van der Waals surface area contributed by atoms with Crippen LogP contribution in [-0.4, -0.2) is 64.4 Å². The number of aryl methyl sites for hydroxylation is 1. The molecule has 0 aliphatic carbocycles. The molecule has 2 atom stereocenters. The van der Waals surface area contributed by atoms with Crippen molar-refractivity contribution in [1.82, 2.24) is 19.6 Å². The molecule has 29 heavy (non-hydrogen) atoms. The average molecular weight is 404 g/mol. The number of carbonyl (C=O) groups is 1. The molecule has 2 saturated heterocycles. The van der Waals surface area contributed by atoms with Crippen molar-refractivity contribution >= 4 is 5.91 Å². The molecule has 0 radical (unpaired) electrons. The maximum Gasteiger partial charge on any atom is 0.333 e. The van der Waals surface area contributed by atoms with Crippen molar-refractivity contribution in [2.75, 3.05) is 32.8 Å². The zero-order valence-corrected chi connectivity index (χ0v) is 16.5. The van der Waals surface area contributed by atoms with Gasteiger partial charge in [-0.25, -0.2) is 4.68 Å². The van der Waals surface area contributed by atoms with Gasteiger partial charge in [0.05, 0.1) is 18.8 Å². The first kappa shape index (κ1) is 20.0. The molecule has 0 spiro atoms. The van der Waals surface area contributed by atoms with Crippen LogP contribution in [0.1, 0.15) is 47.2 Å². The van der Waals surface area contributed by atoms with Crippen molar-refractivity contribution in [3.63, 3.8) is 0 Å². The fraction of sp³-hybridized carbons (Fsp3) is 0.524. The summed E-state index contributed by atoms with van der Waals surface area (Å²) in [6.07, 6.45) is 2.18. The Bertz CT molecular complexity index is 836. The SMILES string of the molecule is Cc1cc(C(=O)N2CCO[C@@H](CN3CCCC3)[C@@H]2c2ccccc2)nn1C(F)F. The number of halogens is 2. The van der Waals surface area contributed by atoms with Crippen molar-refractivity contribution in [3.8, 4) is 0 Å². The molecule has 0 unspecified atom stereocenters. The Morgan fingerprint density at radius 2 is 1.93 bits per heavy atom. The first-order chi connectivity index (χ1) is 14.0. The van der Waals surface area contributed by atoms with E-state index in [9.17, 15) is 13.6 Å². The lowest BCUT2D eigenvalue weighted by Gasteiger charge is -2.42. The van der Waals surface area contributed by atoms with Crippen molar-refractivity contribution in [1.29, 1.82) is 0 Å². The smallest absolute Gasteiger partial charge is 0.333 e. The molecule has 2 aliphatic rings. The lowest BCUT2D eigenvalue weighted by molar-refractivity contribution is -0.0709. The molecule has 1 aromatic carbocycles. The van der Waals surface area contributed by atoms with Gasteiger partial charge >= 0.3 is 6.55 Å². The molecule has 3 heterocycles. The highest BCUT2D eigenvalue weighted by Crippen LogP contribution is 2.32. The van der Waals surface area contributed by atoms with Gasteiger partial charge in [-0.2, -0.15) is 13.9 Å². The van der Waals surface area contributed by atoms with Gasteiger partial charge < -0.3 is 14.5 Å². The van der Waals surface area contributed by atoms with Crippen LogP contribution in [0.15, 0.2) is 36.4 Å². The van der Waals surface area contributed by atoms with Crippen LogP contribution in [0.3, 0.4) is 0 Å². The third-order valence-electron chi connectivity index (χ3n) is 5.72. The quantitative estimate of drug-likeness (QED) is 0.768. The lowest BCUT2D eigenvalue weighted by atomic mass is 9.97. The standard InChI is InChI=1S/C21H26F2N4O2/c1-15-13-17(24-27(15)21(22)23)20(28)26-11-12-29-18(14-25-9-5-6-10-25)19(26)16-7-3-2-4-8-16/h2-4,7-8,13,18-19,21H,5-6,9-12,14H2,1H3/t18-,19-/m0/s1. The summed E-state index contributed by atoms with van der Waals surface area (Å²) >= 11 is 0. The normalized spacial score (nSPS) is 23.1. The van der Waals surface area contributed by atoms with Crippen LogP contribution in [0.25, 0.3) is 0 Å². The summed E-state index contributed by atoms with van der Waals surface area (Å²) in [5.41, 5.74) is 1.29. The number of hydrogen-bond acceptors (Lipinski definition) is 4. The molecule has 0 N–H and O–H groups in total. The van der Waals surface area contributed by atoms with Gasteiger partial charge in [-0.1, -0.05) is 30.3 Å². The van der Waals surface area contributed by atoms with Gasteiger partial charge in [0.1, 0.15) is 0 Å². The average Bonchev–Trinajstić information content (AvgIpc) is 3.37. The molecular formula is C21H26F2N4O2. The monoisotopic (exact) mass is 404 g/mol. The van der Waals surface area contributed by atoms with Gasteiger partial charge in [0.2, 0.25) is 0 Å². The number of ether oxygens (including phenoxy) is 1. The van der Waals surface area contributed by atoms with Gasteiger partial charge in [-0.3, -0.25) is 4.79 Å². The highest BCUT2D eigenvalue weighted by molar-refractivity contribution is 5.92. The van der Waals surface area contributed by atoms with Crippen LogP contribution in [0.2, 0.25) is 0 Å². The zero-order chi connectivity index (χ0) is 20.4. The number of benzene rings is 1. The number of nitrogens with zero attached hydrogens (tertiary/aromatic N) is 4. The maximum absolute atomic E-state index is 13.3. The molecule has 156 valence electrons. The number of alkyl halides is 2. The molecule has 2 aromatic rings. The van der Waals surface area contributed by atoms with Crippen LogP contribution in [0, 0.1) is 6.92 Å². The second kappa shape index (κ2) is 8.59. The largest absolute Gasteiger partial charge is 0.373 e. The number of aromatic nitrogens is 2. The van der Waals surface area contributed by atoms with Gasteiger partial charge in [0.25, 0.3) is 5.91 Å². The molecule has 8 heteroatoms. The van der Waals surface area contributed by atoms with Gasteiger partial charge in [0, 0.05) is 18.8 Å². The fourth-order valence-corrected chi connectivity index (χ4v) is 4.32. The van der Waals surface area contributed by atoms with E-state index in [1.54, 1.807) is 4.90 Å². The first-order valence-electron chi connectivity index (χ1n) is 10.1. The van der Waals surface area contributed by atoms with E-state index in [1.165, 1.54) is 25.8 Å². The summed E-state index contributed by atoms with van der Waals surface area (Å²) in [6.45, 7) is 2.39. The summed E-state index contributed by atoms with van der Waals surface area (Å²) in [4.78, 5) is 17.4. The van der Waals surface area contributed by atoms with Crippen molar-refractivity contribution < 1.29 is 18.3 Å². The first-order valence-corrected chi connectivity index (χ1v) is 10.1. The summed E-state index contributed by atoms with van der Waals surface area (Å²) in [6, 6.07) is 10.9. The van der Waals surface area contributed by atoms with E-state index in [2.05, 4.69) is 10.00 Å². The molecule has 4 rings (SSSR count). The number of morpholine rings is 1. The molecule has 1 amide bonds. The number of hydrogen-bond donors (Lipinski definition) is 0. The van der Waals surface area contributed by atoms with Crippen LogP contribution < -0.4 is 0 Å². The molecule has 6 nitrogen and oxygen atoms in total. The highest BCUT2D eigenvalue weighted by atomic mass is 19.3. The lowest BCUT2D eigenvalue weighted by Crippen LogP contribution is -2.51. The number of carbonyl (C=O) groups excluding carboxylic acids is 1. The van der Waals surface area contributed by atoms with Gasteiger partial charge in [-0.05, 0) is 44.5 Å². The van der Waals surface area contributed by atoms with E-state index in [1.807, 2.05) is 30.3 Å². The molecular weight excluding hydrogens is 378 g/mol. The third kappa shape index (κ3) is 4.18. The van der Waals surface area contributed by atoms with Crippen molar-refractivity contribution in [3.05, 3.63) is 53.3 Å². The Hall–Kier alpha value is -2.32. The van der Waals surface area contributed by atoms with E-state index in [4.69, 9.17) is 4.74 Å². The summed E-state index contributed by atoms with van der Waals surface area (Å²) in [5.74, 6) is -0.337. The predicted octanol–water partition coefficient (Wildman–Crippen LogP) is 3.26. The van der Waals surface area contributed by atoms with Crippen LogP contribution in [0.4, 0.5) is 8.78 Å². The Morgan fingerprint density at radius 3 is 2.59 bits per heavy atom. The summed E-state index contributed by atoms with van der Waals surface area (Å²) < 4.78 is 33.0. The highest BCUT2D eigenvalue weighted by Gasteiger charge is 2.38. The van der Waals surface area contributed by atoms with E-state index >= 15 is 0 Å². The van der Waals surface area contributed by atoms with Crippen molar-refractivity contribution in [2.45, 2.75) is 38.5 Å². The Balaban J connectivity index is 1.64. The minimum absolute atomic E-state index is 0.0468. The predicted molar refractivity (Wildman–Crippen MR) is 104 cm³/mol. The number of amides is 1. The second-order valence-electron chi connectivity index (χ2n) is 7.66. The van der Waals surface area contributed by atoms with E-state index < -0.39 is 6.55 Å². The van der Waals surface area contributed by atoms with E-state index in [-0.39, 0.29) is 29.4 Å².